The second kappa shape index (κ2) is 7.15. The topological polar surface area (TPSA) is 58.4 Å². The molecule has 0 saturated carbocycles. The van der Waals surface area contributed by atoms with Gasteiger partial charge in [-0.2, -0.15) is 0 Å². The number of halogens is 2. The van der Waals surface area contributed by atoms with Crippen molar-refractivity contribution in [3.63, 3.8) is 0 Å². The smallest absolute Gasteiger partial charge is 0.244 e. The summed E-state index contributed by atoms with van der Waals surface area (Å²) in [6.07, 6.45) is 1.57. The van der Waals surface area contributed by atoms with Gasteiger partial charge in [0.1, 0.15) is 0 Å². The van der Waals surface area contributed by atoms with Crippen LogP contribution in [-0.2, 0) is 16.8 Å². The second-order valence-corrected chi connectivity index (χ2v) is 7.69. The number of benzene rings is 1. The minimum absolute atomic E-state index is 0.168. The highest BCUT2D eigenvalue weighted by Crippen LogP contribution is 2.25. The molecule has 1 amide bonds. The average molecular weight is 363 g/mol. The fraction of sp³-hybridized carbons (Fsp3) is 0.474. The van der Waals surface area contributed by atoms with Crippen LogP contribution in [0.15, 0.2) is 28.8 Å². The lowest BCUT2D eigenvalue weighted by molar-refractivity contribution is -0.120. The van der Waals surface area contributed by atoms with Gasteiger partial charge in [0.25, 0.3) is 0 Å². The van der Waals surface area contributed by atoms with Crippen molar-refractivity contribution in [2.45, 2.75) is 51.6 Å². The quantitative estimate of drug-likeness (QED) is 0.896. The minimum Gasteiger partial charge on any atom is -0.338 e. The van der Waals surface area contributed by atoms with Crippen molar-refractivity contribution in [1.29, 1.82) is 0 Å². The Morgan fingerprint density at radius 2 is 2.08 bits per heavy atom. The zero-order chi connectivity index (χ0) is 18.9. The monoisotopic (exact) mass is 363 g/mol. The largest absolute Gasteiger partial charge is 0.338 e. The molecule has 1 atom stereocenters. The Balaban J connectivity index is 1.66. The third-order valence-electron chi connectivity index (χ3n) is 4.56. The van der Waals surface area contributed by atoms with Crippen LogP contribution in [0.5, 0.6) is 0 Å². The molecule has 26 heavy (non-hydrogen) atoms. The van der Waals surface area contributed by atoms with Crippen LogP contribution in [0.3, 0.4) is 0 Å². The van der Waals surface area contributed by atoms with Crippen molar-refractivity contribution < 1.29 is 18.1 Å². The second-order valence-electron chi connectivity index (χ2n) is 7.69. The number of nitrogens with one attached hydrogen (secondary N) is 1. The van der Waals surface area contributed by atoms with E-state index in [9.17, 15) is 13.6 Å². The van der Waals surface area contributed by atoms with E-state index in [1.165, 1.54) is 12.1 Å². The molecule has 1 aromatic heterocycles. The first-order valence-corrected chi connectivity index (χ1v) is 8.70. The zero-order valence-electron chi connectivity index (χ0n) is 15.2. The van der Waals surface area contributed by atoms with Gasteiger partial charge in [-0.05, 0) is 37.1 Å². The lowest BCUT2D eigenvalue weighted by atomic mass is 9.92. The van der Waals surface area contributed by atoms with Gasteiger partial charge in [0, 0.05) is 18.0 Å². The Labute approximate surface area is 151 Å². The standard InChI is InChI=1S/C19H23F2N3O2/c1-19(2,3)16-10-17(26-23-16)22-18(25)15-5-4-8-24(15)11-12-6-7-13(20)14(21)9-12/h6-7,9-10,15H,4-5,8,11H2,1-3H3,(H,22,25)/t15-/m0/s1. The number of aromatic nitrogens is 1. The third-order valence-corrected chi connectivity index (χ3v) is 4.56. The maximum Gasteiger partial charge on any atom is 0.244 e. The molecule has 140 valence electrons. The molecule has 5 nitrogen and oxygen atoms in total. The number of likely N-dealkylation sites (tertiary alicyclic amines) is 1. The number of hydrogen-bond acceptors (Lipinski definition) is 4. The molecule has 1 saturated heterocycles. The van der Waals surface area contributed by atoms with Crippen molar-refractivity contribution in [1.82, 2.24) is 10.1 Å². The van der Waals surface area contributed by atoms with Crippen molar-refractivity contribution in [2.75, 3.05) is 11.9 Å². The molecule has 1 aliphatic rings. The maximum absolute atomic E-state index is 13.4. The summed E-state index contributed by atoms with van der Waals surface area (Å²) in [5, 5.41) is 6.76. The van der Waals surface area contributed by atoms with E-state index in [0.29, 0.717) is 24.4 Å². The third kappa shape index (κ3) is 4.09. The van der Waals surface area contributed by atoms with Crippen LogP contribution >= 0.6 is 0 Å². The summed E-state index contributed by atoms with van der Waals surface area (Å²) in [6, 6.07) is 5.21. The summed E-state index contributed by atoms with van der Waals surface area (Å²) in [6.45, 7) is 7.14. The summed E-state index contributed by atoms with van der Waals surface area (Å²) in [5.74, 6) is -1.61. The van der Waals surface area contributed by atoms with Gasteiger partial charge >= 0.3 is 0 Å². The highest BCUT2D eigenvalue weighted by molar-refractivity contribution is 5.93. The summed E-state index contributed by atoms with van der Waals surface area (Å²) >= 11 is 0. The van der Waals surface area contributed by atoms with E-state index < -0.39 is 11.6 Å². The van der Waals surface area contributed by atoms with E-state index in [0.717, 1.165) is 24.7 Å². The van der Waals surface area contributed by atoms with Crippen LogP contribution in [-0.4, -0.2) is 28.6 Å². The molecule has 2 aromatic rings. The van der Waals surface area contributed by atoms with Crippen molar-refractivity contribution in [2.24, 2.45) is 0 Å². The number of amides is 1. The Hall–Kier alpha value is -2.28. The summed E-state index contributed by atoms with van der Waals surface area (Å²) in [4.78, 5) is 14.6. The molecule has 1 aromatic carbocycles. The molecule has 2 heterocycles. The van der Waals surface area contributed by atoms with Gasteiger partial charge in [0.15, 0.2) is 11.6 Å². The number of nitrogens with zero attached hydrogens (tertiary/aromatic N) is 2. The summed E-state index contributed by atoms with van der Waals surface area (Å²) in [7, 11) is 0. The van der Waals surface area contributed by atoms with Gasteiger partial charge in [0.05, 0.1) is 11.7 Å². The Morgan fingerprint density at radius 3 is 2.73 bits per heavy atom. The maximum atomic E-state index is 13.4. The highest BCUT2D eigenvalue weighted by atomic mass is 19.2. The Bertz CT molecular complexity index is 798. The fourth-order valence-electron chi connectivity index (χ4n) is 3.08. The lowest BCUT2D eigenvalue weighted by Crippen LogP contribution is -2.39. The van der Waals surface area contributed by atoms with Crippen molar-refractivity contribution in [3.05, 3.63) is 47.2 Å². The molecule has 7 heteroatoms. The van der Waals surface area contributed by atoms with E-state index in [4.69, 9.17) is 4.52 Å². The van der Waals surface area contributed by atoms with Crippen LogP contribution in [0.1, 0.15) is 44.9 Å². The molecule has 1 N–H and O–H groups in total. The number of hydrogen-bond donors (Lipinski definition) is 1. The van der Waals surface area contributed by atoms with Gasteiger partial charge < -0.3 is 4.52 Å². The normalized spacial score (nSPS) is 18.3. The summed E-state index contributed by atoms with van der Waals surface area (Å²) in [5.41, 5.74) is 1.23. The first kappa shape index (κ1) is 18.5. The van der Waals surface area contributed by atoms with Gasteiger partial charge in [0.2, 0.25) is 11.8 Å². The van der Waals surface area contributed by atoms with Gasteiger partial charge in [-0.15, -0.1) is 0 Å². The van der Waals surface area contributed by atoms with E-state index in [1.807, 2.05) is 25.7 Å². The molecule has 1 fully saturated rings. The van der Waals surface area contributed by atoms with Crippen LogP contribution in [0.25, 0.3) is 0 Å². The highest BCUT2D eigenvalue weighted by Gasteiger charge is 2.31. The predicted octanol–water partition coefficient (Wildman–Crippen LogP) is 3.85. The number of carbonyl (C=O) groups is 1. The van der Waals surface area contributed by atoms with Crippen molar-refractivity contribution in [3.8, 4) is 0 Å². The number of anilines is 1. The van der Waals surface area contributed by atoms with E-state index >= 15 is 0 Å². The fourth-order valence-corrected chi connectivity index (χ4v) is 3.08. The Morgan fingerprint density at radius 1 is 1.31 bits per heavy atom. The number of carbonyl (C=O) groups excluding carboxylic acids is 1. The molecule has 0 unspecified atom stereocenters. The van der Waals surface area contributed by atoms with Gasteiger partial charge in [-0.25, -0.2) is 8.78 Å². The van der Waals surface area contributed by atoms with E-state index in [-0.39, 0.29) is 17.4 Å². The molecular formula is C19H23F2N3O2. The van der Waals surface area contributed by atoms with Gasteiger partial charge in [-0.3, -0.25) is 15.0 Å². The van der Waals surface area contributed by atoms with Gasteiger partial charge in [-0.1, -0.05) is 32.0 Å². The molecule has 3 rings (SSSR count). The Kier molecular flexibility index (Phi) is 5.09. The minimum atomic E-state index is -0.876. The first-order chi connectivity index (χ1) is 12.2. The summed E-state index contributed by atoms with van der Waals surface area (Å²) < 4.78 is 31.7. The number of rotatable bonds is 4. The van der Waals surface area contributed by atoms with Crippen LogP contribution in [0, 0.1) is 11.6 Å². The van der Waals surface area contributed by atoms with E-state index in [2.05, 4.69) is 10.5 Å². The van der Waals surface area contributed by atoms with Crippen molar-refractivity contribution >= 4 is 11.8 Å². The van der Waals surface area contributed by atoms with Crippen LogP contribution in [0.4, 0.5) is 14.7 Å². The first-order valence-electron chi connectivity index (χ1n) is 8.70. The zero-order valence-corrected chi connectivity index (χ0v) is 15.2. The van der Waals surface area contributed by atoms with Crippen LogP contribution < -0.4 is 5.32 Å². The SMILES string of the molecule is CC(C)(C)c1cc(NC(=O)[C@@H]2CCCN2Cc2ccc(F)c(F)c2)on1. The molecule has 0 aliphatic carbocycles. The molecule has 1 aliphatic heterocycles. The molecule has 0 radical (unpaired) electrons. The molecular weight excluding hydrogens is 340 g/mol. The van der Waals surface area contributed by atoms with E-state index in [1.54, 1.807) is 6.07 Å². The lowest BCUT2D eigenvalue weighted by Gasteiger charge is -2.23. The predicted molar refractivity (Wildman–Crippen MR) is 93.6 cm³/mol. The van der Waals surface area contributed by atoms with Crippen LogP contribution in [0.2, 0.25) is 0 Å². The average Bonchev–Trinajstić information content (AvgIpc) is 3.20. The molecule has 0 spiro atoms. The molecule has 0 bridgehead atoms.